The molecule has 0 aliphatic carbocycles. The second kappa shape index (κ2) is 5.23. The van der Waals surface area contributed by atoms with E-state index in [1.165, 1.54) is 6.08 Å². The molecule has 0 fully saturated rings. The van der Waals surface area contributed by atoms with Crippen LogP contribution < -0.4 is 10.1 Å². The SMILES string of the molecule is CC1Oc2ccc(C=CC(=O)CCl)cc2NC1=O. The maximum atomic E-state index is 11.5. The number of allylic oxidation sites excluding steroid dienone is 1. The Morgan fingerprint density at radius 1 is 1.56 bits per heavy atom. The summed E-state index contributed by atoms with van der Waals surface area (Å²) in [6.45, 7) is 1.69. The minimum atomic E-state index is -0.489. The van der Waals surface area contributed by atoms with Crippen LogP contribution in [0.3, 0.4) is 0 Å². The van der Waals surface area contributed by atoms with Gasteiger partial charge in [0.15, 0.2) is 11.9 Å². The van der Waals surface area contributed by atoms with Gasteiger partial charge >= 0.3 is 0 Å². The molecule has 1 amide bonds. The highest BCUT2D eigenvalue weighted by Gasteiger charge is 2.23. The van der Waals surface area contributed by atoms with Crippen LogP contribution in [-0.4, -0.2) is 23.7 Å². The normalized spacial score (nSPS) is 18.1. The molecule has 18 heavy (non-hydrogen) atoms. The van der Waals surface area contributed by atoms with E-state index in [0.717, 1.165) is 5.56 Å². The van der Waals surface area contributed by atoms with Crippen LogP contribution in [0.25, 0.3) is 6.08 Å². The Kier molecular flexibility index (Phi) is 3.67. The molecule has 4 nitrogen and oxygen atoms in total. The first kappa shape index (κ1) is 12.6. The Morgan fingerprint density at radius 3 is 3.06 bits per heavy atom. The van der Waals surface area contributed by atoms with Gasteiger partial charge in [0.05, 0.1) is 11.6 Å². The Bertz CT molecular complexity index is 525. The number of benzene rings is 1. The van der Waals surface area contributed by atoms with Crippen molar-refractivity contribution in [3.63, 3.8) is 0 Å². The average molecular weight is 266 g/mol. The maximum absolute atomic E-state index is 11.5. The van der Waals surface area contributed by atoms with Crippen LogP contribution in [0, 0.1) is 0 Å². The highest BCUT2D eigenvalue weighted by Crippen LogP contribution is 2.30. The first-order valence-electron chi connectivity index (χ1n) is 5.48. The first-order valence-corrected chi connectivity index (χ1v) is 6.02. The third-order valence-electron chi connectivity index (χ3n) is 2.53. The van der Waals surface area contributed by atoms with Gasteiger partial charge in [-0.2, -0.15) is 0 Å². The van der Waals surface area contributed by atoms with Gasteiger partial charge in [-0.3, -0.25) is 9.59 Å². The predicted octanol–water partition coefficient (Wildman–Crippen LogP) is 2.23. The largest absolute Gasteiger partial charge is 0.479 e. The fraction of sp³-hybridized carbons (Fsp3) is 0.231. The van der Waals surface area contributed by atoms with E-state index in [4.69, 9.17) is 16.3 Å². The van der Waals surface area contributed by atoms with Crippen LogP contribution >= 0.6 is 11.6 Å². The molecule has 94 valence electrons. The molecule has 0 spiro atoms. The number of hydrogen-bond acceptors (Lipinski definition) is 3. The van der Waals surface area contributed by atoms with Crippen molar-refractivity contribution in [1.82, 2.24) is 0 Å². The number of anilines is 1. The topological polar surface area (TPSA) is 55.4 Å². The third-order valence-corrected chi connectivity index (χ3v) is 2.79. The Balaban J connectivity index is 2.22. The molecule has 0 saturated heterocycles. The van der Waals surface area contributed by atoms with Crippen molar-refractivity contribution in [2.75, 3.05) is 11.2 Å². The average Bonchev–Trinajstić information content (AvgIpc) is 2.37. The van der Waals surface area contributed by atoms with Crippen LogP contribution in [0.15, 0.2) is 24.3 Å². The van der Waals surface area contributed by atoms with Crippen molar-refractivity contribution in [3.05, 3.63) is 29.8 Å². The van der Waals surface area contributed by atoms with Crippen LogP contribution in [0.4, 0.5) is 5.69 Å². The van der Waals surface area contributed by atoms with Gasteiger partial charge in [0, 0.05) is 0 Å². The van der Waals surface area contributed by atoms with Crippen molar-refractivity contribution in [2.24, 2.45) is 0 Å². The van der Waals surface area contributed by atoms with E-state index in [0.29, 0.717) is 11.4 Å². The standard InChI is InChI=1S/C13H12ClNO3/c1-8-13(17)15-11-6-9(2-4-10(16)7-14)3-5-12(11)18-8/h2-6,8H,7H2,1H3,(H,15,17). The van der Waals surface area contributed by atoms with Gasteiger partial charge in [0.1, 0.15) is 5.75 Å². The summed E-state index contributed by atoms with van der Waals surface area (Å²) in [5, 5.41) is 2.74. The second-order valence-corrected chi connectivity index (χ2v) is 4.21. The van der Waals surface area contributed by atoms with E-state index in [1.54, 1.807) is 31.2 Å². The molecular weight excluding hydrogens is 254 g/mol. The predicted molar refractivity (Wildman–Crippen MR) is 69.9 cm³/mol. The Morgan fingerprint density at radius 2 is 2.33 bits per heavy atom. The summed E-state index contributed by atoms with van der Waals surface area (Å²) >= 11 is 5.39. The van der Waals surface area contributed by atoms with Crippen molar-refractivity contribution >= 4 is 35.1 Å². The molecule has 0 saturated carbocycles. The number of hydrogen-bond donors (Lipinski definition) is 1. The monoisotopic (exact) mass is 265 g/mol. The summed E-state index contributed by atoms with van der Waals surface area (Å²) in [6.07, 6.45) is 2.56. The summed E-state index contributed by atoms with van der Waals surface area (Å²) in [7, 11) is 0. The van der Waals surface area contributed by atoms with Crippen LogP contribution in [0.5, 0.6) is 5.75 Å². The number of nitrogens with one attached hydrogen (secondary N) is 1. The van der Waals surface area contributed by atoms with Crippen LogP contribution in [-0.2, 0) is 9.59 Å². The molecule has 0 bridgehead atoms. The number of fused-ring (bicyclic) bond motifs is 1. The Labute approximate surface area is 110 Å². The molecule has 1 unspecified atom stereocenters. The molecule has 1 aliphatic heterocycles. The van der Waals surface area contributed by atoms with Crippen molar-refractivity contribution < 1.29 is 14.3 Å². The van der Waals surface area contributed by atoms with E-state index in [1.807, 2.05) is 0 Å². The van der Waals surface area contributed by atoms with Gasteiger partial charge in [-0.25, -0.2) is 0 Å². The smallest absolute Gasteiger partial charge is 0.265 e. The molecule has 5 heteroatoms. The molecule has 1 atom stereocenters. The summed E-state index contributed by atoms with van der Waals surface area (Å²) in [6, 6.07) is 5.31. The van der Waals surface area contributed by atoms with Gasteiger partial charge in [0.25, 0.3) is 5.91 Å². The molecule has 2 rings (SSSR count). The highest BCUT2D eigenvalue weighted by molar-refractivity contribution is 6.29. The molecule has 1 aliphatic rings. The zero-order valence-corrected chi connectivity index (χ0v) is 10.5. The number of alkyl halides is 1. The lowest BCUT2D eigenvalue weighted by molar-refractivity contribution is -0.122. The van der Waals surface area contributed by atoms with Crippen molar-refractivity contribution in [2.45, 2.75) is 13.0 Å². The zero-order valence-electron chi connectivity index (χ0n) is 9.77. The highest BCUT2D eigenvalue weighted by atomic mass is 35.5. The van der Waals surface area contributed by atoms with Crippen LogP contribution in [0.1, 0.15) is 12.5 Å². The quantitative estimate of drug-likeness (QED) is 0.673. The molecule has 1 aromatic carbocycles. The molecule has 1 N–H and O–H groups in total. The van der Waals surface area contributed by atoms with Crippen molar-refractivity contribution in [3.8, 4) is 5.75 Å². The zero-order chi connectivity index (χ0) is 13.1. The lowest BCUT2D eigenvalue weighted by atomic mass is 10.1. The molecule has 1 heterocycles. The van der Waals surface area contributed by atoms with E-state index in [2.05, 4.69) is 5.32 Å². The fourth-order valence-electron chi connectivity index (χ4n) is 1.56. The number of carbonyl (C=O) groups is 2. The minimum Gasteiger partial charge on any atom is -0.479 e. The maximum Gasteiger partial charge on any atom is 0.265 e. The number of rotatable bonds is 3. The number of carbonyl (C=O) groups excluding carboxylic acids is 2. The van der Waals surface area contributed by atoms with Crippen LogP contribution in [0.2, 0.25) is 0 Å². The number of ketones is 1. The Hall–Kier alpha value is -1.81. The van der Waals surface area contributed by atoms with Gasteiger partial charge in [0.2, 0.25) is 0 Å². The van der Waals surface area contributed by atoms with Crippen molar-refractivity contribution in [1.29, 1.82) is 0 Å². The summed E-state index contributed by atoms with van der Waals surface area (Å²) in [5.74, 6) is 0.241. The fourth-order valence-corrected chi connectivity index (χ4v) is 1.65. The number of halogens is 1. The minimum absolute atomic E-state index is 0.0429. The van der Waals surface area contributed by atoms with Gasteiger partial charge < -0.3 is 10.1 Å². The van der Waals surface area contributed by atoms with Gasteiger partial charge in [-0.05, 0) is 30.7 Å². The second-order valence-electron chi connectivity index (χ2n) is 3.94. The van der Waals surface area contributed by atoms with E-state index < -0.39 is 6.10 Å². The molecule has 0 radical (unpaired) electrons. The number of amides is 1. The third kappa shape index (κ3) is 2.71. The number of ether oxygens (including phenoxy) is 1. The first-order chi connectivity index (χ1) is 8.60. The van der Waals surface area contributed by atoms with E-state index >= 15 is 0 Å². The summed E-state index contributed by atoms with van der Waals surface area (Å²) in [5.41, 5.74) is 1.41. The summed E-state index contributed by atoms with van der Waals surface area (Å²) in [4.78, 5) is 22.5. The lowest BCUT2D eigenvalue weighted by Crippen LogP contribution is -2.34. The molecular formula is C13H12ClNO3. The lowest BCUT2D eigenvalue weighted by Gasteiger charge is -2.23. The van der Waals surface area contributed by atoms with E-state index in [9.17, 15) is 9.59 Å². The molecule has 1 aromatic rings. The van der Waals surface area contributed by atoms with Gasteiger partial charge in [-0.1, -0.05) is 12.1 Å². The summed E-state index contributed by atoms with van der Waals surface area (Å²) < 4.78 is 5.42. The van der Waals surface area contributed by atoms with E-state index in [-0.39, 0.29) is 17.6 Å². The molecule has 0 aromatic heterocycles. The van der Waals surface area contributed by atoms with Gasteiger partial charge in [-0.15, -0.1) is 11.6 Å².